The average molecular weight is 288 g/mol. The normalized spacial score (nSPS) is 26.7. The van der Waals surface area contributed by atoms with Gasteiger partial charge in [0.25, 0.3) is 0 Å². The Morgan fingerprint density at radius 3 is 2.25 bits per heavy atom. The molecular formula is C15H13F5. The third-order valence-corrected chi connectivity index (χ3v) is 3.28. The molecule has 0 aromatic heterocycles. The number of halogens is 5. The van der Waals surface area contributed by atoms with E-state index in [0.29, 0.717) is 0 Å². The van der Waals surface area contributed by atoms with Gasteiger partial charge in [-0.05, 0) is 23.6 Å². The molecule has 2 atom stereocenters. The molecule has 0 fully saturated rings. The van der Waals surface area contributed by atoms with Gasteiger partial charge in [0.05, 0.1) is 0 Å². The number of allylic oxidation sites excluding steroid dienone is 4. The maximum atomic E-state index is 14.6. The van der Waals surface area contributed by atoms with Crippen LogP contribution in [0.1, 0.15) is 24.5 Å². The van der Waals surface area contributed by atoms with Crippen molar-refractivity contribution in [1.29, 1.82) is 0 Å². The van der Waals surface area contributed by atoms with E-state index >= 15 is 0 Å². The van der Waals surface area contributed by atoms with Gasteiger partial charge in [0.1, 0.15) is 0 Å². The van der Waals surface area contributed by atoms with Crippen molar-refractivity contribution in [2.24, 2.45) is 0 Å². The Morgan fingerprint density at radius 1 is 1.10 bits per heavy atom. The predicted octanol–water partition coefficient (Wildman–Crippen LogP) is 5.16. The summed E-state index contributed by atoms with van der Waals surface area (Å²) >= 11 is 0. The van der Waals surface area contributed by atoms with Crippen LogP contribution in [0.2, 0.25) is 0 Å². The lowest BCUT2D eigenvalue weighted by Gasteiger charge is -2.28. The third kappa shape index (κ3) is 2.37. The SMILES string of the molecule is CCCc1ccc(C2(F)C=C(F)C(F)=C(F)C2F)cc1. The van der Waals surface area contributed by atoms with Crippen molar-refractivity contribution in [2.75, 3.05) is 0 Å². The second-order valence-corrected chi connectivity index (χ2v) is 4.73. The standard InChI is InChI=1S/C15H13F5/c1-2-3-9-4-6-10(7-5-9)15(20)8-11(16)12(17)13(18)14(15)19/h4-8,14H,2-3H2,1H3. The van der Waals surface area contributed by atoms with Crippen LogP contribution in [-0.4, -0.2) is 6.17 Å². The maximum Gasteiger partial charge on any atom is 0.196 e. The number of alkyl halides is 2. The quantitative estimate of drug-likeness (QED) is 0.674. The molecule has 5 heteroatoms. The summed E-state index contributed by atoms with van der Waals surface area (Å²) in [6.45, 7) is 1.96. The smallest absolute Gasteiger partial charge is 0.196 e. The molecule has 0 saturated carbocycles. The zero-order valence-electron chi connectivity index (χ0n) is 10.8. The van der Waals surface area contributed by atoms with Crippen LogP contribution in [0.25, 0.3) is 0 Å². The molecule has 0 N–H and O–H groups in total. The third-order valence-electron chi connectivity index (χ3n) is 3.28. The molecule has 0 heterocycles. The molecule has 0 nitrogen and oxygen atoms in total. The van der Waals surface area contributed by atoms with E-state index in [1.807, 2.05) is 6.92 Å². The number of rotatable bonds is 3. The molecule has 2 rings (SSSR count). The predicted molar refractivity (Wildman–Crippen MR) is 66.6 cm³/mol. The Labute approximate surface area is 113 Å². The van der Waals surface area contributed by atoms with Crippen LogP contribution >= 0.6 is 0 Å². The summed E-state index contributed by atoms with van der Waals surface area (Å²) in [5, 5.41) is 0. The van der Waals surface area contributed by atoms with E-state index in [0.717, 1.165) is 18.4 Å². The molecule has 0 saturated heterocycles. The van der Waals surface area contributed by atoms with Crippen LogP contribution in [0.4, 0.5) is 22.0 Å². The Morgan fingerprint density at radius 2 is 1.70 bits per heavy atom. The van der Waals surface area contributed by atoms with Crippen molar-refractivity contribution < 1.29 is 22.0 Å². The maximum absolute atomic E-state index is 14.6. The van der Waals surface area contributed by atoms with Gasteiger partial charge in [0, 0.05) is 0 Å². The van der Waals surface area contributed by atoms with Gasteiger partial charge in [-0.15, -0.1) is 0 Å². The topological polar surface area (TPSA) is 0 Å². The van der Waals surface area contributed by atoms with Crippen LogP contribution in [-0.2, 0) is 12.1 Å². The Bertz CT molecular complexity index is 558. The minimum absolute atomic E-state index is 0.144. The van der Waals surface area contributed by atoms with Crippen molar-refractivity contribution in [3.63, 3.8) is 0 Å². The fourth-order valence-electron chi connectivity index (χ4n) is 2.18. The fraction of sp³-hybridized carbons (Fsp3) is 0.333. The molecule has 0 radical (unpaired) electrons. The molecule has 1 aliphatic rings. The second kappa shape index (κ2) is 5.38. The van der Waals surface area contributed by atoms with E-state index < -0.39 is 29.3 Å². The molecular weight excluding hydrogens is 275 g/mol. The van der Waals surface area contributed by atoms with E-state index in [1.165, 1.54) is 12.1 Å². The van der Waals surface area contributed by atoms with Crippen LogP contribution in [0, 0.1) is 0 Å². The van der Waals surface area contributed by atoms with Gasteiger partial charge in [-0.2, -0.15) is 0 Å². The van der Waals surface area contributed by atoms with E-state index in [1.54, 1.807) is 12.1 Å². The molecule has 0 spiro atoms. The number of hydrogen-bond donors (Lipinski definition) is 0. The first-order chi connectivity index (χ1) is 9.40. The molecule has 2 unspecified atom stereocenters. The molecule has 0 amide bonds. The van der Waals surface area contributed by atoms with Crippen LogP contribution in [0.15, 0.2) is 47.8 Å². The monoisotopic (exact) mass is 288 g/mol. The molecule has 0 bridgehead atoms. The lowest BCUT2D eigenvalue weighted by molar-refractivity contribution is 0.0902. The second-order valence-electron chi connectivity index (χ2n) is 4.73. The minimum Gasteiger partial charge on any atom is -0.235 e. The van der Waals surface area contributed by atoms with Crippen molar-refractivity contribution in [2.45, 2.75) is 31.6 Å². The van der Waals surface area contributed by atoms with Crippen molar-refractivity contribution in [3.05, 3.63) is 58.9 Å². The van der Waals surface area contributed by atoms with E-state index in [2.05, 4.69) is 0 Å². The molecule has 108 valence electrons. The summed E-state index contributed by atoms with van der Waals surface area (Å²) < 4.78 is 67.6. The number of benzene rings is 1. The summed E-state index contributed by atoms with van der Waals surface area (Å²) in [7, 11) is 0. The molecule has 1 aliphatic carbocycles. The van der Waals surface area contributed by atoms with Crippen LogP contribution < -0.4 is 0 Å². The first kappa shape index (κ1) is 14.8. The highest BCUT2D eigenvalue weighted by atomic mass is 19.2. The Hall–Kier alpha value is -1.65. The van der Waals surface area contributed by atoms with E-state index in [9.17, 15) is 22.0 Å². The van der Waals surface area contributed by atoms with Gasteiger partial charge in [0.2, 0.25) is 0 Å². The molecule has 1 aromatic rings. The van der Waals surface area contributed by atoms with Crippen LogP contribution in [0.3, 0.4) is 0 Å². The zero-order valence-corrected chi connectivity index (χ0v) is 10.8. The van der Waals surface area contributed by atoms with E-state index in [4.69, 9.17) is 0 Å². The highest BCUT2D eigenvalue weighted by Crippen LogP contribution is 2.44. The lowest BCUT2D eigenvalue weighted by Crippen LogP contribution is -2.34. The molecule has 20 heavy (non-hydrogen) atoms. The summed E-state index contributed by atoms with van der Waals surface area (Å²) in [5.41, 5.74) is -2.38. The van der Waals surface area contributed by atoms with Crippen molar-refractivity contribution in [3.8, 4) is 0 Å². The molecule has 0 aliphatic heterocycles. The highest BCUT2D eigenvalue weighted by Gasteiger charge is 2.48. The average Bonchev–Trinajstić information content (AvgIpc) is 2.44. The van der Waals surface area contributed by atoms with Gasteiger partial charge in [-0.25, -0.2) is 22.0 Å². The highest BCUT2D eigenvalue weighted by molar-refractivity contribution is 5.42. The van der Waals surface area contributed by atoms with Gasteiger partial charge in [-0.3, -0.25) is 0 Å². The Balaban J connectivity index is 2.41. The lowest BCUT2D eigenvalue weighted by atomic mass is 9.86. The minimum atomic E-state index is -3.03. The fourth-order valence-corrected chi connectivity index (χ4v) is 2.18. The summed E-state index contributed by atoms with van der Waals surface area (Å²) in [6, 6.07) is 5.64. The van der Waals surface area contributed by atoms with Crippen molar-refractivity contribution in [1.82, 2.24) is 0 Å². The summed E-state index contributed by atoms with van der Waals surface area (Å²) in [5.74, 6) is -5.75. The van der Waals surface area contributed by atoms with Gasteiger partial charge in [-0.1, -0.05) is 37.6 Å². The van der Waals surface area contributed by atoms with Gasteiger partial charge >= 0.3 is 0 Å². The summed E-state index contributed by atoms with van der Waals surface area (Å²) in [6.07, 6.45) is -1.11. The van der Waals surface area contributed by atoms with Crippen molar-refractivity contribution >= 4 is 0 Å². The largest absolute Gasteiger partial charge is 0.235 e. The number of hydrogen-bond acceptors (Lipinski definition) is 0. The van der Waals surface area contributed by atoms with E-state index in [-0.39, 0.29) is 11.6 Å². The van der Waals surface area contributed by atoms with Gasteiger partial charge in [0.15, 0.2) is 29.3 Å². The summed E-state index contributed by atoms with van der Waals surface area (Å²) in [4.78, 5) is 0. The Kier molecular flexibility index (Phi) is 3.97. The van der Waals surface area contributed by atoms with Gasteiger partial charge < -0.3 is 0 Å². The first-order valence-electron chi connectivity index (χ1n) is 6.26. The van der Waals surface area contributed by atoms with Crippen LogP contribution in [0.5, 0.6) is 0 Å². The zero-order chi connectivity index (χ0) is 14.9. The molecule has 1 aromatic carbocycles. The number of aryl methyl sites for hydroxylation is 1. The first-order valence-corrected chi connectivity index (χ1v) is 6.26.